The number of carbonyl (C=O) groups excluding carboxylic acids is 1. The molecule has 0 aromatic carbocycles. The molecule has 1 unspecified atom stereocenters. The summed E-state index contributed by atoms with van der Waals surface area (Å²) < 4.78 is 14.2. The summed E-state index contributed by atoms with van der Waals surface area (Å²) in [4.78, 5) is 11.7. The van der Waals surface area contributed by atoms with E-state index in [0.717, 1.165) is 9.54 Å². The molecule has 0 spiro atoms. The molecule has 0 fully saturated rings. The summed E-state index contributed by atoms with van der Waals surface area (Å²) in [5.41, 5.74) is 0. The van der Waals surface area contributed by atoms with Gasteiger partial charge in [0.15, 0.2) is 6.26 Å². The van der Waals surface area contributed by atoms with Crippen molar-refractivity contribution in [2.24, 2.45) is 5.92 Å². The Balaban J connectivity index is 2.36. The van der Waals surface area contributed by atoms with Crippen LogP contribution < -0.4 is 4.74 Å². The summed E-state index contributed by atoms with van der Waals surface area (Å²) >= 11 is 4.77. The maximum atomic E-state index is 11.3. The fourth-order valence-electron chi connectivity index (χ4n) is 3.80. The zero-order chi connectivity index (χ0) is 22.0. The van der Waals surface area contributed by atoms with E-state index in [2.05, 4.69) is 29.8 Å². The van der Waals surface area contributed by atoms with Crippen LogP contribution in [0.4, 0.5) is 0 Å². The fraction of sp³-hybridized carbons (Fsp3) is 0.800. The number of rotatable bonds is 20. The molecule has 2 nitrogen and oxygen atoms in total. The van der Waals surface area contributed by atoms with Crippen LogP contribution in [-0.4, -0.2) is 12.9 Å². The third-order valence-corrected chi connectivity index (χ3v) is 7.34. The smallest absolute Gasteiger partial charge is 0.160 e. The monoisotopic (exact) mass is 487 g/mol. The lowest BCUT2D eigenvalue weighted by Gasteiger charge is -2.17. The van der Waals surface area contributed by atoms with Crippen LogP contribution in [0.2, 0.25) is 0 Å². The van der Waals surface area contributed by atoms with E-state index in [1.165, 1.54) is 114 Å². The first-order valence-electron chi connectivity index (χ1n) is 12.5. The van der Waals surface area contributed by atoms with Gasteiger partial charge < -0.3 is 4.74 Å². The molecule has 0 N–H and O–H groups in total. The van der Waals surface area contributed by atoms with Crippen molar-refractivity contribution in [1.29, 1.82) is 0 Å². The molecule has 0 amide bonds. The van der Waals surface area contributed by atoms with Gasteiger partial charge in [-0.3, -0.25) is 4.79 Å². The van der Waals surface area contributed by atoms with Crippen molar-refractivity contribution >= 4 is 33.5 Å². The minimum Gasteiger partial charge on any atom is -0.491 e. The molecule has 4 heteroatoms. The molecule has 0 aliphatic carbocycles. The normalized spacial score (nSPS) is 12.7. The van der Waals surface area contributed by atoms with Crippen LogP contribution in [-0.2, 0) is 0 Å². The van der Waals surface area contributed by atoms with Gasteiger partial charge in [-0.1, -0.05) is 104 Å². The Bertz CT molecular complexity index is 561. The van der Waals surface area contributed by atoms with E-state index < -0.39 is 6.26 Å². The van der Waals surface area contributed by atoms with Gasteiger partial charge in [0, 0.05) is 6.07 Å². The average Bonchev–Trinajstić information content (AvgIpc) is 3.11. The molecule has 29 heavy (non-hydrogen) atoms. The second-order valence-corrected chi connectivity index (χ2v) is 10.7. The van der Waals surface area contributed by atoms with E-state index in [-0.39, 0.29) is 0 Å². The molecule has 0 saturated heterocycles. The van der Waals surface area contributed by atoms with Crippen molar-refractivity contribution in [3.63, 3.8) is 0 Å². The Morgan fingerprint density at radius 1 is 0.931 bits per heavy atom. The molecule has 0 saturated carbocycles. The molecular formula is C25H43BrO2S. The third-order valence-electron chi connectivity index (χ3n) is 5.66. The van der Waals surface area contributed by atoms with Gasteiger partial charge in [-0.15, -0.1) is 11.3 Å². The third kappa shape index (κ3) is 13.5. The summed E-state index contributed by atoms with van der Waals surface area (Å²) in [7, 11) is 0. The maximum Gasteiger partial charge on any atom is 0.160 e. The van der Waals surface area contributed by atoms with Crippen LogP contribution in [0.25, 0.3) is 0 Å². The predicted molar refractivity (Wildman–Crippen MR) is 132 cm³/mol. The van der Waals surface area contributed by atoms with Crippen molar-refractivity contribution in [3.8, 4) is 5.75 Å². The topological polar surface area (TPSA) is 26.3 Å². The number of thiophene rings is 1. The van der Waals surface area contributed by atoms with Crippen molar-refractivity contribution in [2.45, 2.75) is 117 Å². The fourth-order valence-corrected chi connectivity index (χ4v) is 5.17. The molecule has 168 valence electrons. The van der Waals surface area contributed by atoms with E-state index in [1.54, 1.807) is 6.07 Å². The highest BCUT2D eigenvalue weighted by Gasteiger charge is 2.13. The number of unbranched alkanes of at least 4 members (excludes halogenated alkanes) is 12. The molecular weight excluding hydrogens is 444 g/mol. The van der Waals surface area contributed by atoms with Crippen molar-refractivity contribution in [2.75, 3.05) is 6.61 Å². The highest BCUT2D eigenvalue weighted by atomic mass is 79.9. The van der Waals surface area contributed by atoms with Crippen LogP contribution in [0.1, 0.15) is 128 Å². The molecule has 1 aromatic heterocycles. The maximum absolute atomic E-state index is 11.3. The van der Waals surface area contributed by atoms with Gasteiger partial charge in [-0.25, -0.2) is 0 Å². The second kappa shape index (κ2) is 18.4. The molecule has 0 aliphatic rings. The van der Waals surface area contributed by atoms with E-state index in [0.29, 0.717) is 17.4 Å². The van der Waals surface area contributed by atoms with Gasteiger partial charge in [0.05, 0.1) is 11.5 Å². The van der Waals surface area contributed by atoms with Crippen molar-refractivity contribution in [1.82, 2.24) is 0 Å². The molecule has 0 aliphatic heterocycles. The number of halogens is 1. The minimum absolute atomic E-state index is 0.437. The molecule has 1 aromatic rings. The first kappa shape index (κ1) is 24.9. The minimum atomic E-state index is -0.641. The van der Waals surface area contributed by atoms with Crippen LogP contribution in [0.15, 0.2) is 9.85 Å². The zero-order valence-corrected chi connectivity index (χ0v) is 21.2. The average molecular weight is 489 g/mol. The number of ether oxygens (including phenoxy) is 1. The first-order valence-corrected chi connectivity index (χ1v) is 13.6. The van der Waals surface area contributed by atoms with Crippen LogP contribution >= 0.6 is 27.3 Å². The lowest BCUT2D eigenvalue weighted by Crippen LogP contribution is -2.12. The van der Waals surface area contributed by atoms with Crippen LogP contribution in [0.5, 0.6) is 5.75 Å². The largest absolute Gasteiger partial charge is 0.491 e. The lowest BCUT2D eigenvalue weighted by molar-refractivity contribution is 0.112. The van der Waals surface area contributed by atoms with E-state index in [9.17, 15) is 4.79 Å². The summed E-state index contributed by atoms with van der Waals surface area (Å²) in [5.74, 6) is 1.30. The lowest BCUT2D eigenvalue weighted by atomic mass is 9.94. The van der Waals surface area contributed by atoms with Gasteiger partial charge in [0.1, 0.15) is 10.9 Å². The van der Waals surface area contributed by atoms with Crippen molar-refractivity contribution in [3.05, 3.63) is 14.7 Å². The Labute approximate surface area is 193 Å². The Morgan fingerprint density at radius 3 is 1.86 bits per heavy atom. The molecule has 0 radical (unpaired) electrons. The van der Waals surface area contributed by atoms with Gasteiger partial charge in [-0.05, 0) is 34.7 Å². The molecule has 1 rings (SSSR count). The van der Waals surface area contributed by atoms with E-state index >= 15 is 0 Å². The van der Waals surface area contributed by atoms with E-state index in [1.807, 2.05) is 0 Å². The Morgan fingerprint density at radius 2 is 1.41 bits per heavy atom. The van der Waals surface area contributed by atoms with Crippen LogP contribution in [0, 0.1) is 5.92 Å². The van der Waals surface area contributed by atoms with Gasteiger partial charge in [-0.2, -0.15) is 0 Å². The molecule has 0 bridgehead atoms. The van der Waals surface area contributed by atoms with Gasteiger partial charge in [0.2, 0.25) is 0 Å². The number of carbonyl (C=O) groups is 1. The Kier molecular flexibility index (Phi) is 15.8. The zero-order valence-electron chi connectivity index (χ0n) is 19.8. The predicted octanol–water partition coefficient (Wildman–Crippen LogP) is 9.60. The summed E-state index contributed by atoms with van der Waals surface area (Å²) in [6.07, 6.45) is 20.6. The molecule has 1 heterocycles. The number of hydrogen-bond acceptors (Lipinski definition) is 3. The highest BCUT2D eigenvalue weighted by Crippen LogP contribution is 2.34. The van der Waals surface area contributed by atoms with Gasteiger partial charge in [0.25, 0.3) is 0 Å². The highest BCUT2D eigenvalue weighted by molar-refractivity contribution is 9.11. The standard InChI is InChI=1S/C25H43BrO2S/c1-3-5-7-9-11-12-14-16-18-22(17-15-13-10-8-6-4-2)21-28-24-19-23(20-27)29-25(24)26/h19-20,22H,3-18,21H2,1-2H3/i20D. The van der Waals surface area contributed by atoms with Crippen molar-refractivity contribution < 1.29 is 10.9 Å². The summed E-state index contributed by atoms with van der Waals surface area (Å²) in [5, 5.41) is 0. The van der Waals surface area contributed by atoms with E-state index in [4.69, 9.17) is 6.11 Å². The molecule has 1 atom stereocenters. The SMILES string of the molecule is [2H]C(=O)c1cc(OCC(CCCCCCCC)CCCCCCCCCC)c(Br)s1. The van der Waals surface area contributed by atoms with Gasteiger partial charge >= 0.3 is 0 Å². The quantitative estimate of drug-likeness (QED) is 0.135. The Hall–Kier alpha value is -0.350. The second-order valence-electron chi connectivity index (χ2n) is 8.35. The summed E-state index contributed by atoms with van der Waals surface area (Å²) in [6.45, 7) is 5.25. The summed E-state index contributed by atoms with van der Waals surface area (Å²) in [6, 6.07) is 1.71. The first-order chi connectivity index (χ1) is 14.6. The number of aldehydes is 1. The number of hydrogen-bond donors (Lipinski definition) is 0. The van der Waals surface area contributed by atoms with Crippen LogP contribution in [0.3, 0.4) is 0 Å².